The van der Waals surface area contributed by atoms with E-state index in [4.69, 9.17) is 4.42 Å². The Hall–Kier alpha value is -6.70. The summed E-state index contributed by atoms with van der Waals surface area (Å²) < 4.78 is 6.62. The monoisotopic (exact) mass is 658 g/mol. The van der Waals surface area contributed by atoms with Gasteiger partial charge in [0.1, 0.15) is 11.2 Å². The van der Waals surface area contributed by atoms with Crippen LogP contribution in [0.2, 0.25) is 0 Å². The fourth-order valence-corrected chi connectivity index (χ4v) is 9.79. The number of rotatable bonds is 2. The summed E-state index contributed by atoms with van der Waals surface area (Å²) in [5, 5.41) is 7.27. The SMILES string of the molecule is c1ccc(-c2cc(-c3cccc4oc5cc6ccccc6cc5c34)cc3c2-c2ccc4ccccc4c2C32c3ccccc3-c3ccccc32)cc1. The zero-order valence-electron chi connectivity index (χ0n) is 28.2. The summed E-state index contributed by atoms with van der Waals surface area (Å²) in [6.45, 7) is 0. The molecule has 2 aliphatic rings. The highest BCUT2D eigenvalue weighted by atomic mass is 16.3. The summed E-state index contributed by atoms with van der Waals surface area (Å²) in [5.74, 6) is 0. The highest BCUT2D eigenvalue weighted by Crippen LogP contribution is 2.66. The smallest absolute Gasteiger partial charge is 0.136 e. The number of hydrogen-bond acceptors (Lipinski definition) is 1. The third-order valence-corrected chi connectivity index (χ3v) is 11.8. The van der Waals surface area contributed by atoms with Gasteiger partial charge in [-0.15, -0.1) is 0 Å². The van der Waals surface area contributed by atoms with Crippen LogP contribution in [0, 0.1) is 0 Å². The van der Waals surface area contributed by atoms with Gasteiger partial charge in [0.05, 0.1) is 5.41 Å². The Bertz CT molecular complexity index is 3080. The van der Waals surface area contributed by atoms with Crippen LogP contribution in [-0.4, -0.2) is 0 Å². The zero-order valence-corrected chi connectivity index (χ0v) is 28.2. The molecule has 1 heterocycles. The molecule has 0 saturated heterocycles. The fraction of sp³-hybridized carbons (Fsp3) is 0.0196. The zero-order chi connectivity index (χ0) is 34.0. The van der Waals surface area contributed by atoms with E-state index in [0.29, 0.717) is 0 Å². The van der Waals surface area contributed by atoms with Gasteiger partial charge in [-0.05, 0) is 119 Å². The second-order valence-corrected chi connectivity index (χ2v) is 14.3. The van der Waals surface area contributed by atoms with E-state index in [0.717, 1.165) is 21.9 Å². The molecule has 9 aromatic carbocycles. The Labute approximate surface area is 301 Å². The number of fused-ring (bicyclic) bond motifs is 16. The molecule has 1 nitrogen and oxygen atoms in total. The van der Waals surface area contributed by atoms with E-state index in [-0.39, 0.29) is 0 Å². The van der Waals surface area contributed by atoms with Crippen LogP contribution < -0.4 is 0 Å². The van der Waals surface area contributed by atoms with E-state index in [2.05, 4.69) is 182 Å². The van der Waals surface area contributed by atoms with Crippen molar-refractivity contribution >= 4 is 43.5 Å². The van der Waals surface area contributed by atoms with Gasteiger partial charge < -0.3 is 4.42 Å². The van der Waals surface area contributed by atoms with Crippen molar-refractivity contribution in [3.05, 3.63) is 204 Å². The maximum absolute atomic E-state index is 6.62. The summed E-state index contributed by atoms with van der Waals surface area (Å²) in [5.41, 5.74) is 16.8. The van der Waals surface area contributed by atoms with Gasteiger partial charge in [-0.2, -0.15) is 0 Å². The van der Waals surface area contributed by atoms with Crippen LogP contribution in [0.25, 0.3) is 88.0 Å². The van der Waals surface area contributed by atoms with E-state index >= 15 is 0 Å². The summed E-state index contributed by atoms with van der Waals surface area (Å²) in [4.78, 5) is 0. The lowest BCUT2D eigenvalue weighted by atomic mass is 9.69. The topological polar surface area (TPSA) is 13.1 Å². The van der Waals surface area contributed by atoms with Crippen LogP contribution in [0.15, 0.2) is 186 Å². The summed E-state index contributed by atoms with van der Waals surface area (Å²) in [6, 6.07) is 67.4. The molecular weight excluding hydrogens is 629 g/mol. The van der Waals surface area contributed by atoms with Crippen LogP contribution in [0.3, 0.4) is 0 Å². The van der Waals surface area contributed by atoms with Gasteiger partial charge in [0.15, 0.2) is 0 Å². The van der Waals surface area contributed by atoms with Crippen molar-refractivity contribution in [1.29, 1.82) is 0 Å². The van der Waals surface area contributed by atoms with Crippen LogP contribution >= 0.6 is 0 Å². The van der Waals surface area contributed by atoms with Gasteiger partial charge in [-0.1, -0.05) is 152 Å². The van der Waals surface area contributed by atoms with E-state index in [9.17, 15) is 0 Å². The Morgan fingerprint density at radius 3 is 1.79 bits per heavy atom. The maximum atomic E-state index is 6.62. The van der Waals surface area contributed by atoms with Crippen LogP contribution in [0.4, 0.5) is 0 Å². The molecular formula is C51H30O. The average Bonchev–Trinajstić information content (AvgIpc) is 3.83. The molecule has 0 aliphatic heterocycles. The second kappa shape index (κ2) is 10.2. The molecule has 1 heteroatoms. The lowest BCUT2D eigenvalue weighted by Gasteiger charge is -2.32. The van der Waals surface area contributed by atoms with Crippen molar-refractivity contribution in [2.75, 3.05) is 0 Å². The van der Waals surface area contributed by atoms with Crippen LogP contribution in [0.1, 0.15) is 22.3 Å². The van der Waals surface area contributed by atoms with Gasteiger partial charge in [-0.25, -0.2) is 0 Å². The largest absolute Gasteiger partial charge is 0.456 e. The van der Waals surface area contributed by atoms with Gasteiger partial charge in [0.2, 0.25) is 0 Å². The quantitative estimate of drug-likeness (QED) is 0.180. The van der Waals surface area contributed by atoms with Gasteiger partial charge in [-0.3, -0.25) is 0 Å². The Balaban J connectivity index is 1.27. The minimum absolute atomic E-state index is 0.499. The van der Waals surface area contributed by atoms with Gasteiger partial charge >= 0.3 is 0 Å². The lowest BCUT2D eigenvalue weighted by molar-refractivity contribution is 0.669. The predicted molar refractivity (Wildman–Crippen MR) is 216 cm³/mol. The summed E-state index contributed by atoms with van der Waals surface area (Å²) >= 11 is 0. The van der Waals surface area contributed by atoms with Gasteiger partial charge in [0.25, 0.3) is 0 Å². The van der Waals surface area contributed by atoms with E-state index in [1.165, 1.54) is 88.3 Å². The number of hydrogen-bond donors (Lipinski definition) is 0. The third kappa shape index (κ3) is 3.52. The normalized spacial score (nSPS) is 13.5. The predicted octanol–water partition coefficient (Wildman–Crippen LogP) is 13.6. The van der Waals surface area contributed by atoms with Crippen molar-refractivity contribution in [3.63, 3.8) is 0 Å². The molecule has 0 radical (unpaired) electrons. The molecule has 0 fully saturated rings. The Kier molecular flexibility index (Phi) is 5.49. The molecule has 0 saturated carbocycles. The molecule has 0 bridgehead atoms. The first-order valence-electron chi connectivity index (χ1n) is 18.1. The summed E-state index contributed by atoms with van der Waals surface area (Å²) in [7, 11) is 0. The minimum atomic E-state index is -0.499. The number of furan rings is 1. The van der Waals surface area contributed by atoms with E-state index in [1.54, 1.807) is 0 Å². The molecule has 52 heavy (non-hydrogen) atoms. The molecule has 0 unspecified atom stereocenters. The van der Waals surface area contributed by atoms with Crippen molar-refractivity contribution in [2.24, 2.45) is 0 Å². The molecule has 12 rings (SSSR count). The average molecular weight is 659 g/mol. The van der Waals surface area contributed by atoms with Crippen molar-refractivity contribution in [3.8, 4) is 44.5 Å². The van der Waals surface area contributed by atoms with Crippen molar-refractivity contribution < 1.29 is 4.42 Å². The van der Waals surface area contributed by atoms with E-state index < -0.39 is 5.41 Å². The molecule has 0 N–H and O–H groups in total. The second-order valence-electron chi connectivity index (χ2n) is 14.3. The summed E-state index contributed by atoms with van der Waals surface area (Å²) in [6.07, 6.45) is 0. The lowest BCUT2D eigenvalue weighted by Crippen LogP contribution is -2.26. The van der Waals surface area contributed by atoms with E-state index in [1.807, 2.05) is 0 Å². The number of benzene rings is 9. The van der Waals surface area contributed by atoms with Crippen LogP contribution in [0.5, 0.6) is 0 Å². The Morgan fingerprint density at radius 1 is 0.346 bits per heavy atom. The highest BCUT2D eigenvalue weighted by molar-refractivity contribution is 6.16. The first-order chi connectivity index (χ1) is 25.8. The third-order valence-electron chi connectivity index (χ3n) is 11.8. The highest BCUT2D eigenvalue weighted by Gasteiger charge is 2.53. The molecule has 1 aromatic heterocycles. The molecule has 240 valence electrons. The van der Waals surface area contributed by atoms with Crippen molar-refractivity contribution in [1.82, 2.24) is 0 Å². The first kappa shape index (κ1) is 28.0. The molecule has 1 spiro atoms. The first-order valence-corrected chi connectivity index (χ1v) is 18.1. The molecule has 10 aromatic rings. The molecule has 0 atom stereocenters. The molecule has 0 amide bonds. The Morgan fingerprint density at radius 2 is 1.00 bits per heavy atom. The molecule has 2 aliphatic carbocycles. The van der Waals surface area contributed by atoms with Gasteiger partial charge in [0, 0.05) is 10.8 Å². The van der Waals surface area contributed by atoms with Crippen LogP contribution in [-0.2, 0) is 5.41 Å². The standard InChI is InChI=1S/C51H30O/c1-2-13-31(14-3-1)41-28-35(36-21-12-24-46-49(36)42-27-33-16-4-5-17-34(33)30-47(42)52-46)29-45-48(41)40-26-25-32-15-6-7-18-37(32)50(40)51(45)43-22-10-8-19-38(43)39-20-9-11-23-44(39)51/h1-30H. The van der Waals surface area contributed by atoms with Crippen molar-refractivity contribution in [2.45, 2.75) is 5.41 Å². The maximum Gasteiger partial charge on any atom is 0.136 e. The fourth-order valence-electron chi connectivity index (χ4n) is 9.79. The minimum Gasteiger partial charge on any atom is -0.456 e.